The predicted molar refractivity (Wildman–Crippen MR) is 109 cm³/mol. The van der Waals surface area contributed by atoms with E-state index in [0.29, 0.717) is 18.0 Å². The van der Waals surface area contributed by atoms with Crippen LogP contribution in [-0.2, 0) is 4.79 Å². The number of furan rings is 1. The lowest BCUT2D eigenvalue weighted by Gasteiger charge is -2.32. The van der Waals surface area contributed by atoms with Crippen molar-refractivity contribution < 1.29 is 9.21 Å². The molecule has 1 fully saturated rings. The third-order valence-electron chi connectivity index (χ3n) is 5.18. The Labute approximate surface area is 164 Å². The summed E-state index contributed by atoms with van der Waals surface area (Å²) in [6.07, 6.45) is 3.45. The molecule has 0 saturated carbocycles. The Morgan fingerprint density at radius 3 is 2.79 bits per heavy atom. The van der Waals surface area contributed by atoms with Gasteiger partial charge in [-0.05, 0) is 62.6 Å². The lowest BCUT2D eigenvalue weighted by Crippen LogP contribution is -2.41. The number of hydrogen-bond acceptors (Lipinski definition) is 5. The molecule has 28 heavy (non-hydrogen) atoms. The van der Waals surface area contributed by atoms with E-state index < -0.39 is 0 Å². The first-order valence-corrected chi connectivity index (χ1v) is 9.61. The number of amides is 1. The van der Waals surface area contributed by atoms with Crippen LogP contribution < -0.4 is 10.2 Å². The molecule has 0 bridgehead atoms. The second-order valence-corrected chi connectivity index (χ2v) is 7.35. The molecule has 1 N–H and O–H groups in total. The fourth-order valence-electron chi connectivity index (χ4n) is 3.64. The Morgan fingerprint density at radius 2 is 2.07 bits per heavy atom. The van der Waals surface area contributed by atoms with Gasteiger partial charge in [0.15, 0.2) is 11.6 Å². The fraction of sp³-hybridized carbons (Fsp3) is 0.318. The molecule has 0 aliphatic carbocycles. The molecule has 4 rings (SSSR count). The molecule has 3 aromatic rings. The summed E-state index contributed by atoms with van der Waals surface area (Å²) in [5.74, 6) is 1.49. The molecular formula is C22H24N4O2. The van der Waals surface area contributed by atoms with Crippen LogP contribution in [0.3, 0.4) is 0 Å². The zero-order chi connectivity index (χ0) is 19.5. The lowest BCUT2D eigenvalue weighted by atomic mass is 9.96. The first kappa shape index (κ1) is 18.2. The standard InChI is InChI=1S/C22H24N4O2/c1-15-7-8-18(16(2)13-15)23-22(27)17-5-3-11-26(14-17)21-10-9-19(24-25-21)20-6-4-12-28-20/h4,6-10,12-13,17H,3,5,11,14H2,1-2H3,(H,23,27). The maximum atomic E-state index is 12.8. The molecule has 1 saturated heterocycles. The molecule has 0 spiro atoms. The minimum absolute atomic E-state index is 0.0665. The summed E-state index contributed by atoms with van der Waals surface area (Å²) >= 11 is 0. The zero-order valence-electron chi connectivity index (χ0n) is 16.2. The summed E-state index contributed by atoms with van der Waals surface area (Å²) in [5, 5.41) is 11.7. The molecular weight excluding hydrogens is 352 g/mol. The first-order chi connectivity index (χ1) is 13.6. The Kier molecular flexibility index (Phi) is 5.10. The van der Waals surface area contributed by atoms with Crippen LogP contribution in [-0.4, -0.2) is 29.2 Å². The van der Waals surface area contributed by atoms with Gasteiger partial charge in [-0.1, -0.05) is 17.7 Å². The minimum atomic E-state index is -0.0685. The highest BCUT2D eigenvalue weighted by Gasteiger charge is 2.27. The molecule has 1 aliphatic rings. The summed E-state index contributed by atoms with van der Waals surface area (Å²) in [5.41, 5.74) is 3.86. The van der Waals surface area contributed by atoms with E-state index >= 15 is 0 Å². The average molecular weight is 376 g/mol. The van der Waals surface area contributed by atoms with Crippen molar-refractivity contribution in [2.75, 3.05) is 23.3 Å². The van der Waals surface area contributed by atoms with Gasteiger partial charge in [0.05, 0.1) is 12.2 Å². The predicted octanol–water partition coefficient (Wildman–Crippen LogP) is 4.21. The van der Waals surface area contributed by atoms with Crippen LogP contribution in [0.5, 0.6) is 0 Å². The van der Waals surface area contributed by atoms with E-state index in [9.17, 15) is 4.79 Å². The van der Waals surface area contributed by atoms with E-state index in [-0.39, 0.29) is 11.8 Å². The average Bonchev–Trinajstić information content (AvgIpc) is 3.25. The van der Waals surface area contributed by atoms with Crippen LogP contribution in [0.4, 0.5) is 11.5 Å². The van der Waals surface area contributed by atoms with Crippen LogP contribution in [0.1, 0.15) is 24.0 Å². The number of aryl methyl sites for hydroxylation is 2. The van der Waals surface area contributed by atoms with Gasteiger partial charge in [-0.2, -0.15) is 0 Å². The Hall–Kier alpha value is -3.15. The first-order valence-electron chi connectivity index (χ1n) is 9.61. The Bertz CT molecular complexity index is 951. The summed E-state index contributed by atoms with van der Waals surface area (Å²) in [7, 11) is 0. The van der Waals surface area contributed by atoms with Gasteiger partial charge in [0, 0.05) is 18.8 Å². The number of rotatable bonds is 4. The Morgan fingerprint density at radius 1 is 1.18 bits per heavy atom. The summed E-state index contributed by atoms with van der Waals surface area (Å²) in [6.45, 7) is 5.59. The van der Waals surface area contributed by atoms with Crippen LogP contribution in [0.2, 0.25) is 0 Å². The van der Waals surface area contributed by atoms with Crippen molar-refractivity contribution in [3.8, 4) is 11.5 Å². The molecule has 144 valence electrons. The van der Waals surface area contributed by atoms with Crippen molar-refractivity contribution in [1.82, 2.24) is 10.2 Å². The minimum Gasteiger partial charge on any atom is -0.463 e. The fourth-order valence-corrected chi connectivity index (χ4v) is 3.64. The SMILES string of the molecule is Cc1ccc(NC(=O)C2CCCN(c3ccc(-c4ccco4)nn3)C2)c(C)c1. The van der Waals surface area contributed by atoms with Crippen molar-refractivity contribution in [2.45, 2.75) is 26.7 Å². The van der Waals surface area contributed by atoms with Gasteiger partial charge in [-0.15, -0.1) is 10.2 Å². The molecule has 1 aliphatic heterocycles. The number of benzene rings is 1. The van der Waals surface area contributed by atoms with Gasteiger partial charge in [-0.25, -0.2) is 0 Å². The Balaban J connectivity index is 1.43. The monoisotopic (exact) mass is 376 g/mol. The van der Waals surface area contributed by atoms with Crippen LogP contribution in [0, 0.1) is 19.8 Å². The van der Waals surface area contributed by atoms with E-state index in [1.807, 2.05) is 43.3 Å². The maximum Gasteiger partial charge on any atom is 0.229 e. The third-order valence-corrected chi connectivity index (χ3v) is 5.18. The molecule has 0 radical (unpaired) electrons. The molecule has 1 atom stereocenters. The number of nitrogens with zero attached hydrogens (tertiary/aromatic N) is 3. The molecule has 1 aromatic carbocycles. The normalized spacial score (nSPS) is 16.8. The highest BCUT2D eigenvalue weighted by molar-refractivity contribution is 5.93. The molecule has 1 unspecified atom stereocenters. The second-order valence-electron chi connectivity index (χ2n) is 7.35. The lowest BCUT2D eigenvalue weighted by molar-refractivity contribution is -0.120. The van der Waals surface area contributed by atoms with Gasteiger partial charge >= 0.3 is 0 Å². The second kappa shape index (κ2) is 7.84. The van der Waals surface area contributed by atoms with Gasteiger partial charge in [-0.3, -0.25) is 4.79 Å². The molecule has 1 amide bonds. The van der Waals surface area contributed by atoms with E-state index in [1.165, 1.54) is 5.56 Å². The molecule has 2 aromatic heterocycles. The van der Waals surface area contributed by atoms with Crippen molar-refractivity contribution in [3.05, 3.63) is 59.9 Å². The third kappa shape index (κ3) is 3.91. The molecule has 3 heterocycles. The number of carbonyl (C=O) groups is 1. The van der Waals surface area contributed by atoms with Crippen molar-refractivity contribution in [3.63, 3.8) is 0 Å². The summed E-state index contributed by atoms with van der Waals surface area (Å²) in [4.78, 5) is 14.9. The number of hydrogen-bond donors (Lipinski definition) is 1. The summed E-state index contributed by atoms with van der Waals surface area (Å²) in [6, 6.07) is 13.6. The highest BCUT2D eigenvalue weighted by atomic mass is 16.3. The van der Waals surface area contributed by atoms with Crippen molar-refractivity contribution in [1.29, 1.82) is 0 Å². The number of carbonyl (C=O) groups excluding carboxylic acids is 1. The van der Waals surface area contributed by atoms with E-state index in [2.05, 4.69) is 33.4 Å². The maximum absolute atomic E-state index is 12.8. The topological polar surface area (TPSA) is 71.3 Å². The van der Waals surface area contributed by atoms with E-state index in [4.69, 9.17) is 4.42 Å². The van der Waals surface area contributed by atoms with Crippen molar-refractivity contribution in [2.24, 2.45) is 5.92 Å². The number of nitrogens with one attached hydrogen (secondary N) is 1. The van der Waals surface area contributed by atoms with Crippen LogP contribution in [0.25, 0.3) is 11.5 Å². The van der Waals surface area contributed by atoms with Gasteiger partial charge in [0.2, 0.25) is 5.91 Å². The van der Waals surface area contributed by atoms with Crippen LogP contribution in [0.15, 0.2) is 53.1 Å². The highest BCUT2D eigenvalue weighted by Crippen LogP contribution is 2.25. The molecule has 6 heteroatoms. The number of piperidine rings is 1. The van der Waals surface area contributed by atoms with E-state index in [0.717, 1.165) is 36.5 Å². The van der Waals surface area contributed by atoms with Gasteiger partial charge < -0.3 is 14.6 Å². The molecule has 6 nitrogen and oxygen atoms in total. The van der Waals surface area contributed by atoms with Gasteiger partial charge in [0.1, 0.15) is 5.69 Å². The van der Waals surface area contributed by atoms with Gasteiger partial charge in [0.25, 0.3) is 0 Å². The smallest absolute Gasteiger partial charge is 0.229 e. The number of aromatic nitrogens is 2. The van der Waals surface area contributed by atoms with Crippen LogP contribution >= 0.6 is 0 Å². The quantitative estimate of drug-likeness (QED) is 0.739. The number of anilines is 2. The largest absolute Gasteiger partial charge is 0.463 e. The zero-order valence-corrected chi connectivity index (χ0v) is 16.2. The summed E-state index contributed by atoms with van der Waals surface area (Å²) < 4.78 is 5.36. The van der Waals surface area contributed by atoms with E-state index in [1.54, 1.807) is 6.26 Å². The van der Waals surface area contributed by atoms with Crippen molar-refractivity contribution >= 4 is 17.4 Å².